The molecule has 0 aliphatic rings. The number of halogens is 1. The highest BCUT2D eigenvalue weighted by Gasteiger charge is 2.15. The minimum Gasteiger partial charge on any atom is -0.395 e. The van der Waals surface area contributed by atoms with Crippen molar-refractivity contribution in [2.24, 2.45) is 0 Å². The maximum Gasteiger partial charge on any atom is 0.124 e. The normalized spacial score (nSPS) is 10.5. The van der Waals surface area contributed by atoms with Crippen LogP contribution in [0.2, 0.25) is 0 Å². The Morgan fingerprint density at radius 3 is 2.84 bits per heavy atom. The van der Waals surface area contributed by atoms with E-state index in [4.69, 9.17) is 10.4 Å². The fraction of sp³-hybridized carbons (Fsp3) is 0.286. The number of aliphatic hydroxyl groups excluding tert-OH is 1. The first kappa shape index (κ1) is 13.2. The quantitative estimate of drug-likeness (QED) is 0.915. The van der Waals surface area contributed by atoms with Crippen LogP contribution in [0.25, 0.3) is 10.9 Å². The van der Waals surface area contributed by atoms with Crippen molar-refractivity contribution in [1.29, 1.82) is 5.26 Å². The molecule has 0 spiro atoms. The zero-order chi connectivity index (χ0) is 14.0. The van der Waals surface area contributed by atoms with E-state index in [1.54, 1.807) is 18.9 Å². The first-order valence-corrected chi connectivity index (χ1v) is 5.89. The van der Waals surface area contributed by atoms with E-state index in [9.17, 15) is 4.39 Å². The SMILES string of the molecule is Cc1cc(F)cc2c(N(C)CCO)c(C#N)cnc12. The number of pyridine rings is 1. The second-order valence-corrected chi connectivity index (χ2v) is 4.40. The van der Waals surface area contributed by atoms with Crippen molar-refractivity contribution in [3.05, 3.63) is 35.3 Å². The number of aryl methyl sites for hydroxylation is 1. The summed E-state index contributed by atoms with van der Waals surface area (Å²) in [6.45, 7) is 2.10. The summed E-state index contributed by atoms with van der Waals surface area (Å²) in [6.07, 6.45) is 1.48. The van der Waals surface area contributed by atoms with Gasteiger partial charge in [-0.1, -0.05) is 0 Å². The third-order valence-corrected chi connectivity index (χ3v) is 3.04. The van der Waals surface area contributed by atoms with E-state index in [1.807, 2.05) is 0 Å². The minimum atomic E-state index is -0.361. The van der Waals surface area contributed by atoms with E-state index in [1.165, 1.54) is 18.3 Å². The lowest BCUT2D eigenvalue weighted by Crippen LogP contribution is -2.22. The maximum atomic E-state index is 13.6. The van der Waals surface area contributed by atoms with Crippen LogP contribution >= 0.6 is 0 Å². The molecule has 1 heterocycles. The Morgan fingerprint density at radius 2 is 2.21 bits per heavy atom. The topological polar surface area (TPSA) is 60.1 Å². The molecule has 2 rings (SSSR count). The average molecular weight is 259 g/mol. The van der Waals surface area contributed by atoms with E-state index in [0.717, 1.165) is 5.56 Å². The van der Waals surface area contributed by atoms with Gasteiger partial charge >= 0.3 is 0 Å². The number of fused-ring (bicyclic) bond motifs is 1. The molecule has 0 amide bonds. The van der Waals surface area contributed by atoms with Gasteiger partial charge in [0.2, 0.25) is 0 Å². The monoisotopic (exact) mass is 259 g/mol. The lowest BCUT2D eigenvalue weighted by atomic mass is 10.1. The van der Waals surface area contributed by atoms with Crippen molar-refractivity contribution in [2.45, 2.75) is 6.92 Å². The van der Waals surface area contributed by atoms with Gasteiger partial charge in [0, 0.05) is 25.2 Å². The molecule has 1 N–H and O–H groups in total. The molecule has 1 aromatic heterocycles. The van der Waals surface area contributed by atoms with E-state index in [-0.39, 0.29) is 12.4 Å². The van der Waals surface area contributed by atoms with Gasteiger partial charge in [-0.25, -0.2) is 4.39 Å². The van der Waals surface area contributed by atoms with E-state index in [0.29, 0.717) is 28.7 Å². The third kappa shape index (κ3) is 2.35. The molecule has 98 valence electrons. The van der Waals surface area contributed by atoms with Gasteiger partial charge < -0.3 is 10.0 Å². The highest BCUT2D eigenvalue weighted by atomic mass is 19.1. The summed E-state index contributed by atoms with van der Waals surface area (Å²) >= 11 is 0. The summed E-state index contributed by atoms with van der Waals surface area (Å²) in [6, 6.07) is 4.85. The summed E-state index contributed by atoms with van der Waals surface area (Å²) in [5.74, 6) is -0.361. The molecule has 1 aromatic carbocycles. The van der Waals surface area contributed by atoms with Crippen LogP contribution in [0, 0.1) is 24.1 Å². The maximum absolute atomic E-state index is 13.6. The summed E-state index contributed by atoms with van der Waals surface area (Å²) in [5, 5.41) is 18.8. The summed E-state index contributed by atoms with van der Waals surface area (Å²) < 4.78 is 13.6. The molecule has 0 bridgehead atoms. The van der Waals surface area contributed by atoms with Crippen LogP contribution in [-0.4, -0.2) is 30.3 Å². The number of aliphatic hydroxyl groups is 1. The molecular weight excluding hydrogens is 245 g/mol. The van der Waals surface area contributed by atoms with Crippen LogP contribution in [0.3, 0.4) is 0 Å². The number of hydrogen-bond donors (Lipinski definition) is 1. The number of aromatic nitrogens is 1. The number of nitriles is 1. The standard InChI is InChI=1S/C14H14FN3O/c1-9-5-11(15)6-12-13(9)17-8-10(7-16)14(12)18(2)3-4-19/h5-6,8,19H,3-4H2,1-2H3. The van der Waals surface area contributed by atoms with Crippen molar-refractivity contribution >= 4 is 16.6 Å². The summed E-state index contributed by atoms with van der Waals surface area (Å²) in [4.78, 5) is 5.96. The molecule has 0 unspecified atom stereocenters. The zero-order valence-electron chi connectivity index (χ0n) is 10.8. The second kappa shape index (κ2) is 5.21. The lowest BCUT2D eigenvalue weighted by Gasteiger charge is -2.21. The van der Waals surface area contributed by atoms with Crippen molar-refractivity contribution < 1.29 is 9.50 Å². The Balaban J connectivity index is 2.80. The van der Waals surface area contributed by atoms with E-state index < -0.39 is 0 Å². The third-order valence-electron chi connectivity index (χ3n) is 3.04. The molecule has 0 atom stereocenters. The van der Waals surface area contributed by atoms with Crippen LogP contribution in [0.1, 0.15) is 11.1 Å². The summed E-state index contributed by atoms with van der Waals surface area (Å²) in [5.41, 5.74) is 2.36. The first-order chi connectivity index (χ1) is 9.08. The minimum absolute atomic E-state index is 0.0422. The molecule has 0 saturated heterocycles. The number of benzene rings is 1. The number of likely N-dealkylation sites (N-methyl/N-ethyl adjacent to an activating group) is 1. The van der Waals surface area contributed by atoms with Crippen LogP contribution in [-0.2, 0) is 0 Å². The molecule has 0 aliphatic heterocycles. The van der Waals surface area contributed by atoms with Gasteiger partial charge in [-0.3, -0.25) is 4.98 Å². The fourth-order valence-electron chi connectivity index (χ4n) is 2.18. The first-order valence-electron chi connectivity index (χ1n) is 5.89. The van der Waals surface area contributed by atoms with Gasteiger partial charge in [-0.05, 0) is 24.6 Å². The van der Waals surface area contributed by atoms with Gasteiger partial charge in [0.1, 0.15) is 11.9 Å². The summed E-state index contributed by atoms with van der Waals surface area (Å²) in [7, 11) is 1.76. The molecular formula is C14H14FN3O. The average Bonchev–Trinajstić information content (AvgIpc) is 2.37. The van der Waals surface area contributed by atoms with E-state index >= 15 is 0 Å². The predicted octanol–water partition coefficient (Wildman–Crippen LogP) is 1.98. The molecule has 5 heteroatoms. The van der Waals surface area contributed by atoms with Gasteiger partial charge in [0.25, 0.3) is 0 Å². The number of rotatable bonds is 3. The van der Waals surface area contributed by atoms with Crippen molar-refractivity contribution in [1.82, 2.24) is 4.98 Å². The van der Waals surface area contributed by atoms with Crippen LogP contribution in [0.5, 0.6) is 0 Å². The van der Waals surface area contributed by atoms with Crippen molar-refractivity contribution in [2.75, 3.05) is 25.1 Å². The Hall–Kier alpha value is -2.19. The highest BCUT2D eigenvalue weighted by Crippen LogP contribution is 2.30. The lowest BCUT2D eigenvalue weighted by molar-refractivity contribution is 0.304. The van der Waals surface area contributed by atoms with Gasteiger partial charge in [-0.2, -0.15) is 5.26 Å². The number of anilines is 1. The van der Waals surface area contributed by atoms with Gasteiger partial charge in [0.15, 0.2) is 0 Å². The van der Waals surface area contributed by atoms with Crippen LogP contribution in [0.4, 0.5) is 10.1 Å². The van der Waals surface area contributed by atoms with Crippen molar-refractivity contribution in [3.63, 3.8) is 0 Å². The van der Waals surface area contributed by atoms with Gasteiger partial charge in [-0.15, -0.1) is 0 Å². The largest absolute Gasteiger partial charge is 0.395 e. The fourth-order valence-corrected chi connectivity index (χ4v) is 2.18. The molecule has 2 aromatic rings. The van der Waals surface area contributed by atoms with Crippen LogP contribution in [0.15, 0.2) is 18.3 Å². The predicted molar refractivity (Wildman–Crippen MR) is 71.5 cm³/mol. The molecule has 0 saturated carbocycles. The zero-order valence-corrected chi connectivity index (χ0v) is 10.8. The Morgan fingerprint density at radius 1 is 1.47 bits per heavy atom. The smallest absolute Gasteiger partial charge is 0.124 e. The Bertz CT molecular complexity index is 664. The van der Waals surface area contributed by atoms with Crippen LogP contribution < -0.4 is 4.90 Å². The molecule has 4 nitrogen and oxygen atoms in total. The Kier molecular flexibility index (Phi) is 3.63. The van der Waals surface area contributed by atoms with E-state index in [2.05, 4.69) is 11.1 Å². The highest BCUT2D eigenvalue weighted by molar-refractivity contribution is 5.96. The molecule has 0 aliphatic carbocycles. The number of nitrogens with zero attached hydrogens (tertiary/aromatic N) is 3. The Labute approximate surface area is 110 Å². The molecule has 19 heavy (non-hydrogen) atoms. The molecule has 0 fully saturated rings. The second-order valence-electron chi connectivity index (χ2n) is 4.40. The van der Waals surface area contributed by atoms with Gasteiger partial charge in [0.05, 0.1) is 23.4 Å². The molecule has 0 radical (unpaired) electrons. The number of hydrogen-bond acceptors (Lipinski definition) is 4. The van der Waals surface area contributed by atoms with Crippen molar-refractivity contribution in [3.8, 4) is 6.07 Å².